The summed E-state index contributed by atoms with van der Waals surface area (Å²) in [6.07, 6.45) is -1.01. The smallest absolute Gasteiger partial charge is 0.330 e. The molecule has 2 rings (SSSR count). The maximum absolute atomic E-state index is 12.0. The number of aromatic amines is 1. The van der Waals surface area contributed by atoms with Gasteiger partial charge >= 0.3 is 5.69 Å². The highest BCUT2D eigenvalue weighted by Gasteiger charge is 2.44. The summed E-state index contributed by atoms with van der Waals surface area (Å²) >= 11 is 0. The standard InChI is InChI=1S/C14H19N3O5/c1-3-9-10(18)11(21-2)13(22-9)17-7-8(5-4-6-15)12(19)16-14(17)20/h7,9-11,13,18H,3,6,15H2,1-2H3,(H,16,19,20)/t9-,10+,11?,13-/m1/s1. The van der Waals surface area contributed by atoms with Crippen molar-refractivity contribution in [3.63, 3.8) is 0 Å². The molecule has 8 heteroatoms. The molecule has 0 amide bonds. The Kier molecular flexibility index (Phi) is 5.15. The second kappa shape index (κ2) is 6.89. The van der Waals surface area contributed by atoms with Gasteiger partial charge in [0.1, 0.15) is 17.8 Å². The van der Waals surface area contributed by atoms with E-state index in [2.05, 4.69) is 16.8 Å². The number of ether oxygens (including phenoxy) is 2. The van der Waals surface area contributed by atoms with Gasteiger partial charge in [-0.25, -0.2) is 4.79 Å². The highest BCUT2D eigenvalue weighted by atomic mass is 16.6. The maximum Gasteiger partial charge on any atom is 0.330 e. The van der Waals surface area contributed by atoms with E-state index in [-0.39, 0.29) is 12.1 Å². The van der Waals surface area contributed by atoms with Crippen LogP contribution in [0.4, 0.5) is 0 Å². The van der Waals surface area contributed by atoms with Crippen molar-refractivity contribution in [2.75, 3.05) is 13.7 Å². The molecule has 0 saturated carbocycles. The third-order valence-corrected chi connectivity index (χ3v) is 3.55. The fourth-order valence-corrected chi connectivity index (χ4v) is 2.44. The normalized spacial score (nSPS) is 27.5. The van der Waals surface area contributed by atoms with Crippen molar-refractivity contribution in [3.05, 3.63) is 32.6 Å². The Labute approximate surface area is 126 Å². The van der Waals surface area contributed by atoms with E-state index < -0.39 is 35.8 Å². The monoisotopic (exact) mass is 309 g/mol. The summed E-state index contributed by atoms with van der Waals surface area (Å²) in [5, 5.41) is 10.2. The molecule has 0 aliphatic carbocycles. The number of aromatic nitrogens is 2. The molecule has 1 saturated heterocycles. The minimum atomic E-state index is -0.864. The molecule has 0 spiro atoms. The molecule has 22 heavy (non-hydrogen) atoms. The summed E-state index contributed by atoms with van der Waals surface area (Å²) in [5.74, 6) is 5.15. The number of hydrogen-bond donors (Lipinski definition) is 3. The van der Waals surface area contributed by atoms with Gasteiger partial charge in [-0.3, -0.25) is 14.3 Å². The first-order chi connectivity index (χ1) is 10.5. The van der Waals surface area contributed by atoms with Gasteiger partial charge in [0.15, 0.2) is 6.23 Å². The largest absolute Gasteiger partial charge is 0.388 e. The summed E-state index contributed by atoms with van der Waals surface area (Å²) in [6.45, 7) is 1.95. The van der Waals surface area contributed by atoms with Crippen LogP contribution in [0.1, 0.15) is 25.1 Å². The molecule has 120 valence electrons. The van der Waals surface area contributed by atoms with Crippen LogP contribution in [0.25, 0.3) is 0 Å². The fraction of sp³-hybridized carbons (Fsp3) is 0.571. The number of aliphatic hydroxyl groups is 1. The molecule has 1 aliphatic rings. The lowest BCUT2D eigenvalue weighted by atomic mass is 10.1. The highest BCUT2D eigenvalue weighted by Crippen LogP contribution is 2.31. The van der Waals surface area contributed by atoms with Crippen LogP contribution in [-0.2, 0) is 9.47 Å². The first-order valence-corrected chi connectivity index (χ1v) is 6.94. The van der Waals surface area contributed by atoms with E-state index in [0.29, 0.717) is 6.42 Å². The summed E-state index contributed by atoms with van der Waals surface area (Å²) < 4.78 is 12.1. The van der Waals surface area contributed by atoms with E-state index in [4.69, 9.17) is 15.2 Å². The molecule has 8 nitrogen and oxygen atoms in total. The number of hydrogen-bond acceptors (Lipinski definition) is 6. The van der Waals surface area contributed by atoms with Gasteiger partial charge in [0.25, 0.3) is 5.56 Å². The third kappa shape index (κ3) is 2.98. The number of nitrogens with two attached hydrogens (primary N) is 1. The molecular weight excluding hydrogens is 290 g/mol. The van der Waals surface area contributed by atoms with Crippen LogP contribution in [0.3, 0.4) is 0 Å². The second-order valence-electron chi connectivity index (χ2n) is 4.88. The molecule has 4 N–H and O–H groups in total. The van der Waals surface area contributed by atoms with Crippen molar-refractivity contribution >= 4 is 0 Å². The van der Waals surface area contributed by atoms with Gasteiger partial charge in [-0.2, -0.15) is 0 Å². The lowest BCUT2D eigenvalue weighted by molar-refractivity contribution is -0.0543. The van der Waals surface area contributed by atoms with Gasteiger partial charge < -0.3 is 20.3 Å². The predicted octanol–water partition coefficient (Wildman–Crippen LogP) is -1.47. The van der Waals surface area contributed by atoms with E-state index in [1.165, 1.54) is 17.9 Å². The molecule has 2 heterocycles. The van der Waals surface area contributed by atoms with Crippen molar-refractivity contribution < 1.29 is 14.6 Å². The van der Waals surface area contributed by atoms with Crippen molar-refractivity contribution in [3.8, 4) is 11.8 Å². The Morgan fingerprint density at radius 2 is 2.27 bits per heavy atom. The molecular formula is C14H19N3O5. The van der Waals surface area contributed by atoms with Gasteiger partial charge in [-0.05, 0) is 6.42 Å². The van der Waals surface area contributed by atoms with Gasteiger partial charge in [0, 0.05) is 13.3 Å². The van der Waals surface area contributed by atoms with Crippen LogP contribution in [0.5, 0.6) is 0 Å². The minimum Gasteiger partial charge on any atom is -0.388 e. The molecule has 1 fully saturated rings. The zero-order chi connectivity index (χ0) is 16.3. The number of nitrogens with zero attached hydrogens (tertiary/aromatic N) is 1. The molecule has 0 radical (unpaired) electrons. The first kappa shape index (κ1) is 16.5. The van der Waals surface area contributed by atoms with Crippen LogP contribution in [0, 0.1) is 11.8 Å². The minimum absolute atomic E-state index is 0.0931. The van der Waals surface area contributed by atoms with E-state index >= 15 is 0 Å². The van der Waals surface area contributed by atoms with Gasteiger partial charge in [0.2, 0.25) is 0 Å². The molecule has 1 aliphatic heterocycles. The summed E-state index contributed by atoms with van der Waals surface area (Å²) in [4.78, 5) is 25.9. The number of H-pyrrole nitrogens is 1. The second-order valence-corrected chi connectivity index (χ2v) is 4.88. The molecule has 4 atom stereocenters. The zero-order valence-corrected chi connectivity index (χ0v) is 12.4. The molecule has 1 unspecified atom stereocenters. The Bertz CT molecular complexity index is 699. The summed E-state index contributed by atoms with van der Waals surface area (Å²) in [7, 11) is 1.42. The molecule has 0 aromatic carbocycles. The van der Waals surface area contributed by atoms with Crippen LogP contribution in [0.2, 0.25) is 0 Å². The topological polar surface area (TPSA) is 120 Å². The quantitative estimate of drug-likeness (QED) is 0.586. The van der Waals surface area contributed by atoms with E-state index in [0.717, 1.165) is 0 Å². The molecule has 1 aromatic rings. The highest BCUT2D eigenvalue weighted by molar-refractivity contribution is 5.30. The maximum atomic E-state index is 12.0. The summed E-state index contributed by atoms with van der Waals surface area (Å²) in [5.41, 5.74) is 4.13. The number of nitrogens with one attached hydrogen (secondary N) is 1. The van der Waals surface area contributed by atoms with Crippen LogP contribution >= 0.6 is 0 Å². The lowest BCUT2D eigenvalue weighted by Gasteiger charge is -2.20. The van der Waals surface area contributed by atoms with E-state index in [1.807, 2.05) is 6.92 Å². The first-order valence-electron chi connectivity index (χ1n) is 6.94. The zero-order valence-electron chi connectivity index (χ0n) is 12.4. The van der Waals surface area contributed by atoms with Gasteiger partial charge in [-0.15, -0.1) is 0 Å². The number of aliphatic hydroxyl groups excluding tert-OH is 1. The van der Waals surface area contributed by atoms with Crippen molar-refractivity contribution in [2.24, 2.45) is 5.73 Å². The Balaban J connectivity index is 2.47. The molecule has 1 aromatic heterocycles. The van der Waals surface area contributed by atoms with Crippen LogP contribution in [0.15, 0.2) is 15.8 Å². The van der Waals surface area contributed by atoms with Gasteiger partial charge in [0.05, 0.1) is 12.6 Å². The third-order valence-electron chi connectivity index (χ3n) is 3.55. The van der Waals surface area contributed by atoms with Gasteiger partial charge in [-0.1, -0.05) is 18.8 Å². The van der Waals surface area contributed by atoms with Crippen LogP contribution in [-0.4, -0.2) is 46.6 Å². The Hall–Kier alpha value is -1.92. The van der Waals surface area contributed by atoms with Crippen LogP contribution < -0.4 is 17.0 Å². The Morgan fingerprint density at radius 3 is 2.86 bits per heavy atom. The van der Waals surface area contributed by atoms with E-state index in [1.54, 1.807) is 0 Å². The average molecular weight is 309 g/mol. The SMILES string of the molecule is CC[C@H]1O[C@@H](n2cc(C#CCN)c(=O)[nH]c2=O)C(OC)[C@H]1O. The lowest BCUT2D eigenvalue weighted by Crippen LogP contribution is -2.39. The van der Waals surface area contributed by atoms with E-state index in [9.17, 15) is 14.7 Å². The van der Waals surface area contributed by atoms with Crippen molar-refractivity contribution in [1.29, 1.82) is 0 Å². The van der Waals surface area contributed by atoms with Crippen molar-refractivity contribution in [1.82, 2.24) is 9.55 Å². The average Bonchev–Trinajstić information content (AvgIpc) is 2.82. The predicted molar refractivity (Wildman–Crippen MR) is 78.3 cm³/mol. The Morgan fingerprint density at radius 1 is 1.55 bits per heavy atom. The number of methoxy groups -OCH3 is 1. The van der Waals surface area contributed by atoms with Crippen molar-refractivity contribution in [2.45, 2.75) is 37.9 Å². The summed E-state index contributed by atoms with van der Waals surface area (Å²) in [6, 6.07) is 0. The fourth-order valence-electron chi connectivity index (χ4n) is 2.44. The number of rotatable bonds is 3. The molecule has 0 bridgehead atoms.